The molecule has 2 N–H and O–H groups in total. The number of rotatable bonds is 3. The van der Waals surface area contributed by atoms with Gasteiger partial charge >= 0.3 is 0 Å². The SMILES string of the molecule is CN1CCN(Cc2cc(F)cc(C(N)=S)c2)CC1(C)C. The zero-order chi connectivity index (χ0) is 14.9. The van der Waals surface area contributed by atoms with Gasteiger partial charge in [0.2, 0.25) is 0 Å². The summed E-state index contributed by atoms with van der Waals surface area (Å²) in [6, 6.07) is 4.84. The molecule has 1 aromatic carbocycles. The van der Waals surface area contributed by atoms with E-state index in [0.29, 0.717) is 5.56 Å². The minimum Gasteiger partial charge on any atom is -0.389 e. The van der Waals surface area contributed by atoms with Crippen LogP contribution in [0, 0.1) is 5.82 Å². The van der Waals surface area contributed by atoms with Gasteiger partial charge < -0.3 is 5.73 Å². The molecule has 0 unspecified atom stereocenters. The third kappa shape index (κ3) is 3.53. The quantitative estimate of drug-likeness (QED) is 0.865. The molecule has 5 heteroatoms. The molecular weight excluding hydrogens is 273 g/mol. The predicted octanol–water partition coefficient (Wildman–Crippen LogP) is 1.99. The number of likely N-dealkylation sites (N-methyl/N-ethyl adjacent to an activating group) is 1. The lowest BCUT2D eigenvalue weighted by molar-refractivity contribution is 0.0360. The zero-order valence-electron chi connectivity index (χ0n) is 12.3. The van der Waals surface area contributed by atoms with Crippen molar-refractivity contribution in [3.05, 3.63) is 35.1 Å². The molecule has 0 atom stereocenters. The standard InChI is InChI=1S/C15H22FN3S/c1-15(2)10-19(5-4-18(15)3)9-11-6-12(14(17)20)8-13(16)7-11/h6-8H,4-5,9-10H2,1-3H3,(H2,17,20). The molecule has 1 aliphatic heterocycles. The van der Waals surface area contributed by atoms with Crippen LogP contribution in [-0.4, -0.2) is 47.0 Å². The van der Waals surface area contributed by atoms with Gasteiger partial charge in [0.1, 0.15) is 10.8 Å². The van der Waals surface area contributed by atoms with Crippen molar-refractivity contribution in [2.24, 2.45) is 5.73 Å². The van der Waals surface area contributed by atoms with Crippen molar-refractivity contribution < 1.29 is 4.39 Å². The van der Waals surface area contributed by atoms with Crippen LogP contribution in [-0.2, 0) is 6.54 Å². The van der Waals surface area contributed by atoms with E-state index in [-0.39, 0.29) is 16.3 Å². The average molecular weight is 295 g/mol. The predicted molar refractivity (Wildman–Crippen MR) is 84.3 cm³/mol. The van der Waals surface area contributed by atoms with Crippen LogP contribution in [0.1, 0.15) is 25.0 Å². The topological polar surface area (TPSA) is 32.5 Å². The van der Waals surface area contributed by atoms with E-state index in [4.69, 9.17) is 18.0 Å². The molecule has 110 valence electrons. The number of hydrogen-bond donors (Lipinski definition) is 1. The second-order valence-electron chi connectivity index (χ2n) is 6.16. The van der Waals surface area contributed by atoms with E-state index >= 15 is 0 Å². The third-order valence-corrected chi connectivity index (χ3v) is 4.28. The summed E-state index contributed by atoms with van der Waals surface area (Å²) in [5.41, 5.74) is 7.25. The van der Waals surface area contributed by atoms with Crippen molar-refractivity contribution in [1.29, 1.82) is 0 Å². The van der Waals surface area contributed by atoms with Gasteiger partial charge in [-0.15, -0.1) is 0 Å². The Morgan fingerprint density at radius 1 is 1.35 bits per heavy atom. The largest absolute Gasteiger partial charge is 0.389 e. The molecule has 1 saturated heterocycles. The molecule has 1 fully saturated rings. The number of benzene rings is 1. The number of halogens is 1. The summed E-state index contributed by atoms with van der Waals surface area (Å²) in [7, 11) is 2.14. The molecule has 2 rings (SSSR count). The molecule has 0 aliphatic carbocycles. The summed E-state index contributed by atoms with van der Waals surface area (Å²) >= 11 is 4.93. The fourth-order valence-corrected chi connectivity index (χ4v) is 2.74. The van der Waals surface area contributed by atoms with E-state index in [1.54, 1.807) is 6.07 Å². The highest BCUT2D eigenvalue weighted by molar-refractivity contribution is 7.80. The first-order valence-corrected chi connectivity index (χ1v) is 7.21. The van der Waals surface area contributed by atoms with Gasteiger partial charge in [-0.25, -0.2) is 4.39 Å². The Balaban J connectivity index is 2.12. The minimum absolute atomic E-state index is 0.136. The van der Waals surface area contributed by atoms with Crippen molar-refractivity contribution >= 4 is 17.2 Å². The summed E-state index contributed by atoms with van der Waals surface area (Å²) in [4.78, 5) is 4.94. The maximum atomic E-state index is 13.6. The van der Waals surface area contributed by atoms with E-state index in [1.807, 2.05) is 6.07 Å². The van der Waals surface area contributed by atoms with Crippen LogP contribution in [0.3, 0.4) is 0 Å². The van der Waals surface area contributed by atoms with E-state index < -0.39 is 0 Å². The maximum Gasteiger partial charge on any atom is 0.124 e. The van der Waals surface area contributed by atoms with E-state index in [0.717, 1.165) is 31.7 Å². The van der Waals surface area contributed by atoms with Crippen molar-refractivity contribution in [3.63, 3.8) is 0 Å². The number of nitrogens with two attached hydrogens (primary N) is 1. The molecule has 0 aromatic heterocycles. The van der Waals surface area contributed by atoms with Crippen molar-refractivity contribution in [3.8, 4) is 0 Å². The van der Waals surface area contributed by atoms with E-state index in [2.05, 4.69) is 30.7 Å². The summed E-state index contributed by atoms with van der Waals surface area (Å²) in [5, 5.41) is 0. The molecule has 0 spiro atoms. The first-order valence-electron chi connectivity index (χ1n) is 6.81. The molecule has 0 saturated carbocycles. The van der Waals surface area contributed by atoms with Crippen molar-refractivity contribution in [2.75, 3.05) is 26.7 Å². The first-order chi connectivity index (χ1) is 9.28. The van der Waals surface area contributed by atoms with Crippen LogP contribution in [0.15, 0.2) is 18.2 Å². The van der Waals surface area contributed by atoms with Crippen LogP contribution >= 0.6 is 12.2 Å². The first kappa shape index (κ1) is 15.4. The van der Waals surface area contributed by atoms with Crippen molar-refractivity contribution in [2.45, 2.75) is 25.9 Å². The fraction of sp³-hybridized carbons (Fsp3) is 0.533. The second kappa shape index (κ2) is 5.76. The van der Waals surface area contributed by atoms with Crippen LogP contribution in [0.4, 0.5) is 4.39 Å². The molecular formula is C15H22FN3S. The Bertz CT molecular complexity index is 516. The summed E-state index contributed by atoms with van der Waals surface area (Å²) in [6.07, 6.45) is 0. The minimum atomic E-state index is -0.279. The molecule has 1 heterocycles. The number of hydrogen-bond acceptors (Lipinski definition) is 3. The third-order valence-electron chi connectivity index (χ3n) is 4.04. The fourth-order valence-electron chi connectivity index (χ4n) is 2.62. The van der Waals surface area contributed by atoms with Gasteiger partial charge in [-0.2, -0.15) is 0 Å². The van der Waals surface area contributed by atoms with Crippen LogP contribution < -0.4 is 5.73 Å². The smallest absolute Gasteiger partial charge is 0.124 e. The second-order valence-corrected chi connectivity index (χ2v) is 6.60. The molecule has 1 aliphatic rings. The van der Waals surface area contributed by atoms with Gasteiger partial charge in [-0.05, 0) is 44.7 Å². The Labute approximate surface area is 125 Å². The van der Waals surface area contributed by atoms with Crippen LogP contribution in [0.5, 0.6) is 0 Å². The lowest BCUT2D eigenvalue weighted by atomic mass is 9.99. The number of nitrogens with zero attached hydrogens (tertiary/aromatic N) is 2. The van der Waals surface area contributed by atoms with E-state index in [1.165, 1.54) is 6.07 Å². The van der Waals surface area contributed by atoms with Gasteiger partial charge in [-0.1, -0.05) is 12.2 Å². The molecule has 0 amide bonds. The summed E-state index contributed by atoms with van der Waals surface area (Å²) < 4.78 is 13.6. The van der Waals surface area contributed by atoms with Gasteiger partial charge in [0, 0.05) is 37.3 Å². The molecule has 1 aromatic rings. The van der Waals surface area contributed by atoms with E-state index in [9.17, 15) is 4.39 Å². The highest BCUT2D eigenvalue weighted by Crippen LogP contribution is 2.21. The number of piperazine rings is 1. The van der Waals surface area contributed by atoms with Gasteiger partial charge in [0.25, 0.3) is 0 Å². The maximum absolute atomic E-state index is 13.6. The van der Waals surface area contributed by atoms with Gasteiger partial charge in [-0.3, -0.25) is 9.80 Å². The van der Waals surface area contributed by atoms with Gasteiger partial charge in [0.05, 0.1) is 0 Å². The monoisotopic (exact) mass is 295 g/mol. The van der Waals surface area contributed by atoms with Gasteiger partial charge in [0.15, 0.2) is 0 Å². The normalized spacial score (nSPS) is 20.0. The molecule has 0 radical (unpaired) electrons. The van der Waals surface area contributed by atoms with Crippen LogP contribution in [0.25, 0.3) is 0 Å². The Morgan fingerprint density at radius 2 is 2.05 bits per heavy atom. The lowest BCUT2D eigenvalue weighted by Crippen LogP contribution is -2.57. The summed E-state index contributed by atoms with van der Waals surface area (Å²) in [5.74, 6) is -0.279. The Kier molecular flexibility index (Phi) is 4.42. The highest BCUT2D eigenvalue weighted by atomic mass is 32.1. The Morgan fingerprint density at radius 3 is 2.65 bits per heavy atom. The molecule has 20 heavy (non-hydrogen) atoms. The number of thiocarbonyl (C=S) groups is 1. The zero-order valence-corrected chi connectivity index (χ0v) is 13.1. The average Bonchev–Trinajstić information content (AvgIpc) is 2.32. The Hall–Kier alpha value is -1.04. The molecule has 0 bridgehead atoms. The summed E-state index contributed by atoms with van der Waals surface area (Å²) in [6.45, 7) is 8.15. The lowest BCUT2D eigenvalue weighted by Gasteiger charge is -2.45. The highest BCUT2D eigenvalue weighted by Gasteiger charge is 2.30. The molecule has 3 nitrogen and oxygen atoms in total. The van der Waals surface area contributed by atoms with Crippen LogP contribution in [0.2, 0.25) is 0 Å². The van der Waals surface area contributed by atoms with Crippen molar-refractivity contribution in [1.82, 2.24) is 9.80 Å².